The zero-order valence-electron chi connectivity index (χ0n) is 10.3. The summed E-state index contributed by atoms with van der Waals surface area (Å²) in [7, 11) is 0. The number of aromatic amines is 1. The summed E-state index contributed by atoms with van der Waals surface area (Å²) in [4.78, 5) is 8.96. The predicted molar refractivity (Wildman–Crippen MR) is 78.2 cm³/mol. The van der Waals surface area contributed by atoms with Crippen LogP contribution in [0.5, 0.6) is 0 Å². The molecule has 0 fully saturated rings. The van der Waals surface area contributed by atoms with Gasteiger partial charge in [0.15, 0.2) is 0 Å². The third-order valence-corrected chi connectivity index (χ3v) is 3.82. The van der Waals surface area contributed by atoms with Gasteiger partial charge < -0.3 is 0 Å². The Labute approximate surface area is 118 Å². The lowest BCUT2D eigenvalue weighted by Crippen LogP contribution is -1.90. The van der Waals surface area contributed by atoms with Crippen molar-refractivity contribution in [3.8, 4) is 21.8 Å². The summed E-state index contributed by atoms with van der Waals surface area (Å²) in [6.07, 6.45) is 1.78. The number of nitrogens with one attached hydrogen (secondary N) is 1. The Bertz CT molecular complexity index is 852. The Morgan fingerprint density at radius 2 is 2.00 bits per heavy atom. The average molecular weight is 279 g/mol. The third-order valence-electron chi connectivity index (χ3n) is 3.04. The zero-order chi connectivity index (χ0) is 13.4. The van der Waals surface area contributed by atoms with Gasteiger partial charge in [-0.15, -0.1) is 16.4 Å². The first kappa shape index (κ1) is 11.2. The minimum atomic E-state index is 0.606. The second-order valence-corrected chi connectivity index (χ2v) is 5.17. The van der Waals surface area contributed by atoms with E-state index in [4.69, 9.17) is 0 Å². The van der Waals surface area contributed by atoms with Crippen LogP contribution in [0.1, 0.15) is 0 Å². The van der Waals surface area contributed by atoms with Crippen LogP contribution in [-0.2, 0) is 0 Å². The first-order valence-corrected chi connectivity index (χ1v) is 6.97. The Morgan fingerprint density at radius 3 is 2.80 bits per heavy atom. The fraction of sp³-hybridized carbons (Fsp3) is 0. The van der Waals surface area contributed by atoms with E-state index in [1.54, 1.807) is 17.5 Å². The van der Waals surface area contributed by atoms with Gasteiger partial charge in [0, 0.05) is 17.1 Å². The number of aromatic nitrogens is 5. The van der Waals surface area contributed by atoms with Gasteiger partial charge in [-0.3, -0.25) is 5.10 Å². The lowest BCUT2D eigenvalue weighted by atomic mass is 10.0. The van der Waals surface area contributed by atoms with Crippen molar-refractivity contribution in [2.24, 2.45) is 0 Å². The van der Waals surface area contributed by atoms with E-state index < -0.39 is 0 Å². The molecule has 1 aromatic carbocycles. The smallest absolute Gasteiger partial charge is 0.202 e. The van der Waals surface area contributed by atoms with E-state index in [-0.39, 0.29) is 0 Å². The fourth-order valence-electron chi connectivity index (χ4n) is 2.13. The topological polar surface area (TPSA) is 67.3 Å². The Balaban J connectivity index is 2.04. The number of nitrogens with zero attached hydrogens (tertiary/aromatic N) is 4. The quantitative estimate of drug-likeness (QED) is 0.612. The maximum atomic E-state index is 4.60. The molecule has 0 aliphatic carbocycles. The average Bonchev–Trinajstić information content (AvgIpc) is 3.17. The summed E-state index contributed by atoms with van der Waals surface area (Å²) in [6, 6.07) is 12.2. The van der Waals surface area contributed by atoms with E-state index in [9.17, 15) is 0 Å². The SMILES string of the molecule is c1ccc(-c2cc3[nH]nnc3nc2-c2nccs2)cc1. The van der Waals surface area contributed by atoms with Crippen molar-refractivity contribution in [1.29, 1.82) is 0 Å². The molecule has 5 nitrogen and oxygen atoms in total. The molecule has 0 radical (unpaired) electrons. The highest BCUT2D eigenvalue weighted by Crippen LogP contribution is 2.33. The predicted octanol–water partition coefficient (Wildman–Crippen LogP) is 3.14. The first-order valence-electron chi connectivity index (χ1n) is 6.09. The molecule has 0 spiro atoms. The van der Waals surface area contributed by atoms with Crippen LogP contribution in [0.2, 0.25) is 0 Å². The van der Waals surface area contributed by atoms with Crippen molar-refractivity contribution in [1.82, 2.24) is 25.4 Å². The fourth-order valence-corrected chi connectivity index (χ4v) is 2.77. The van der Waals surface area contributed by atoms with Gasteiger partial charge in [-0.2, -0.15) is 0 Å². The van der Waals surface area contributed by atoms with Gasteiger partial charge >= 0.3 is 0 Å². The van der Waals surface area contributed by atoms with Crippen LogP contribution in [-0.4, -0.2) is 25.4 Å². The molecular weight excluding hydrogens is 270 g/mol. The lowest BCUT2D eigenvalue weighted by Gasteiger charge is -2.06. The lowest BCUT2D eigenvalue weighted by molar-refractivity contribution is 0.954. The van der Waals surface area contributed by atoms with E-state index in [0.717, 1.165) is 27.3 Å². The summed E-state index contributed by atoms with van der Waals surface area (Å²) >= 11 is 1.56. The molecule has 0 saturated carbocycles. The van der Waals surface area contributed by atoms with Gasteiger partial charge in [0.2, 0.25) is 5.65 Å². The maximum Gasteiger partial charge on any atom is 0.202 e. The molecule has 1 N–H and O–H groups in total. The Kier molecular flexibility index (Phi) is 2.53. The van der Waals surface area contributed by atoms with Crippen molar-refractivity contribution >= 4 is 22.5 Å². The van der Waals surface area contributed by atoms with Crippen LogP contribution in [0.25, 0.3) is 33.0 Å². The third kappa shape index (κ3) is 1.78. The number of hydrogen-bond donors (Lipinski definition) is 1. The van der Waals surface area contributed by atoms with Gasteiger partial charge in [0.1, 0.15) is 16.2 Å². The number of rotatable bonds is 2. The van der Waals surface area contributed by atoms with Crippen molar-refractivity contribution in [2.75, 3.05) is 0 Å². The van der Waals surface area contributed by atoms with Gasteiger partial charge in [0.05, 0.1) is 0 Å². The monoisotopic (exact) mass is 279 g/mol. The first-order chi connectivity index (χ1) is 9.92. The van der Waals surface area contributed by atoms with Crippen LogP contribution >= 0.6 is 11.3 Å². The second-order valence-electron chi connectivity index (χ2n) is 4.27. The van der Waals surface area contributed by atoms with Crippen LogP contribution in [0.4, 0.5) is 0 Å². The molecule has 0 bridgehead atoms. The highest BCUT2D eigenvalue weighted by atomic mass is 32.1. The molecule has 0 unspecified atom stereocenters. The molecule has 0 amide bonds. The number of benzene rings is 1. The Morgan fingerprint density at radius 1 is 1.10 bits per heavy atom. The highest BCUT2D eigenvalue weighted by Gasteiger charge is 2.14. The van der Waals surface area contributed by atoms with Gasteiger partial charge in [-0.1, -0.05) is 35.5 Å². The summed E-state index contributed by atoms with van der Waals surface area (Å²) in [6.45, 7) is 0. The molecule has 96 valence electrons. The second kappa shape index (κ2) is 4.50. The van der Waals surface area contributed by atoms with E-state index in [0.29, 0.717) is 5.65 Å². The maximum absolute atomic E-state index is 4.60. The molecular formula is C14H9N5S. The molecule has 4 rings (SSSR count). The van der Waals surface area contributed by atoms with E-state index in [1.807, 2.05) is 29.6 Å². The van der Waals surface area contributed by atoms with Crippen molar-refractivity contribution in [3.05, 3.63) is 48.0 Å². The normalized spacial score (nSPS) is 11.0. The van der Waals surface area contributed by atoms with Crippen molar-refractivity contribution in [2.45, 2.75) is 0 Å². The largest absolute Gasteiger partial charge is 0.256 e. The summed E-state index contributed by atoms with van der Waals surface area (Å²) < 4.78 is 0. The van der Waals surface area contributed by atoms with Crippen LogP contribution in [0, 0.1) is 0 Å². The summed E-state index contributed by atoms with van der Waals surface area (Å²) in [5.41, 5.74) is 4.40. The molecule has 4 aromatic rings. The zero-order valence-corrected chi connectivity index (χ0v) is 11.1. The van der Waals surface area contributed by atoms with Crippen LogP contribution < -0.4 is 0 Å². The number of fused-ring (bicyclic) bond motifs is 1. The van der Waals surface area contributed by atoms with Gasteiger partial charge in [-0.05, 0) is 11.6 Å². The minimum Gasteiger partial charge on any atom is -0.256 e. The molecule has 3 heterocycles. The summed E-state index contributed by atoms with van der Waals surface area (Å²) in [5.74, 6) is 0. The summed E-state index contributed by atoms with van der Waals surface area (Å²) in [5, 5.41) is 13.5. The van der Waals surface area contributed by atoms with Gasteiger partial charge in [-0.25, -0.2) is 9.97 Å². The minimum absolute atomic E-state index is 0.606. The van der Waals surface area contributed by atoms with E-state index in [2.05, 4.69) is 37.5 Å². The van der Waals surface area contributed by atoms with Gasteiger partial charge in [0.25, 0.3) is 0 Å². The molecule has 0 aliphatic heterocycles. The standard InChI is InChI=1S/C14H9N5S/c1-2-4-9(5-3-1)10-8-11-13(18-19-17-11)16-12(10)14-15-6-7-20-14/h1-8H,(H,16,17,18,19). The van der Waals surface area contributed by atoms with Crippen LogP contribution in [0.15, 0.2) is 48.0 Å². The number of H-pyrrole nitrogens is 1. The Hall–Kier alpha value is -2.60. The van der Waals surface area contributed by atoms with Crippen molar-refractivity contribution in [3.63, 3.8) is 0 Å². The molecule has 0 aliphatic rings. The molecule has 0 atom stereocenters. The van der Waals surface area contributed by atoms with E-state index >= 15 is 0 Å². The molecule has 6 heteroatoms. The highest BCUT2D eigenvalue weighted by molar-refractivity contribution is 7.13. The number of pyridine rings is 1. The number of hydrogen-bond acceptors (Lipinski definition) is 5. The molecule has 3 aromatic heterocycles. The molecule has 0 saturated heterocycles. The van der Waals surface area contributed by atoms with E-state index in [1.165, 1.54) is 0 Å². The van der Waals surface area contributed by atoms with Crippen LogP contribution in [0.3, 0.4) is 0 Å². The number of thiazole rings is 1. The van der Waals surface area contributed by atoms with Crippen molar-refractivity contribution < 1.29 is 0 Å². The molecule has 20 heavy (non-hydrogen) atoms.